The van der Waals surface area contributed by atoms with Crippen molar-refractivity contribution in [2.24, 2.45) is 0 Å². The van der Waals surface area contributed by atoms with Crippen LogP contribution in [-0.2, 0) is 17.8 Å². The van der Waals surface area contributed by atoms with E-state index < -0.39 is 0 Å². The number of ether oxygens (including phenoxy) is 1. The molecule has 4 aromatic rings. The van der Waals surface area contributed by atoms with Crippen LogP contribution in [0.25, 0.3) is 33.3 Å². The summed E-state index contributed by atoms with van der Waals surface area (Å²) in [6, 6.07) is 16.1. The number of benzene rings is 2. The largest absolute Gasteiger partial charge is 0.452 e. The van der Waals surface area contributed by atoms with Crippen molar-refractivity contribution >= 4 is 22.1 Å². The van der Waals surface area contributed by atoms with Gasteiger partial charge in [-0.05, 0) is 43.6 Å². The molecular formula is C24H25N3O3. The van der Waals surface area contributed by atoms with E-state index in [1.165, 1.54) is 31.5 Å². The van der Waals surface area contributed by atoms with Crippen molar-refractivity contribution in [1.29, 1.82) is 0 Å². The third-order valence-electron chi connectivity index (χ3n) is 5.84. The fourth-order valence-corrected chi connectivity index (χ4v) is 4.32. The Kier molecular flexibility index (Phi) is 5.11. The van der Waals surface area contributed by atoms with Gasteiger partial charge in [-0.25, -0.2) is 4.79 Å². The third kappa shape index (κ3) is 3.42. The van der Waals surface area contributed by atoms with E-state index in [0.29, 0.717) is 24.4 Å². The van der Waals surface area contributed by atoms with Crippen molar-refractivity contribution in [3.05, 3.63) is 64.6 Å². The lowest BCUT2D eigenvalue weighted by atomic mass is 10.1. The molecule has 0 aliphatic carbocycles. The van der Waals surface area contributed by atoms with E-state index >= 15 is 0 Å². The van der Waals surface area contributed by atoms with Crippen molar-refractivity contribution in [2.45, 2.75) is 25.9 Å². The number of aromatic nitrogens is 2. The van der Waals surface area contributed by atoms with Crippen LogP contribution in [0.1, 0.15) is 18.4 Å². The van der Waals surface area contributed by atoms with Crippen LogP contribution in [-0.4, -0.2) is 41.3 Å². The molecule has 154 valence electrons. The summed E-state index contributed by atoms with van der Waals surface area (Å²) >= 11 is 0. The smallest absolute Gasteiger partial charge is 0.348 e. The number of fused-ring (bicyclic) bond motifs is 3. The lowest BCUT2D eigenvalue weighted by Gasteiger charge is -2.14. The molecule has 0 radical (unpaired) electrons. The lowest BCUT2D eigenvalue weighted by Crippen LogP contribution is -2.25. The number of likely N-dealkylation sites (tertiary alicyclic amines) is 1. The topological polar surface area (TPSA) is 60.5 Å². The van der Waals surface area contributed by atoms with Gasteiger partial charge in [0, 0.05) is 24.6 Å². The maximum absolute atomic E-state index is 12.9. The van der Waals surface area contributed by atoms with Crippen LogP contribution >= 0.6 is 0 Å². The summed E-state index contributed by atoms with van der Waals surface area (Å²) in [6.07, 6.45) is 2.57. The summed E-state index contributed by atoms with van der Waals surface area (Å²) in [5.74, 6) is 0. The van der Waals surface area contributed by atoms with Crippen LogP contribution in [0, 0.1) is 0 Å². The van der Waals surface area contributed by atoms with Gasteiger partial charge in [-0.15, -0.1) is 0 Å². The number of nitrogens with zero attached hydrogens (tertiary/aromatic N) is 3. The van der Waals surface area contributed by atoms with Crippen molar-refractivity contribution in [3.63, 3.8) is 0 Å². The Hall–Kier alpha value is -2.96. The summed E-state index contributed by atoms with van der Waals surface area (Å²) in [7, 11) is 1.63. The fraction of sp³-hybridized carbons (Fsp3) is 0.333. The molecule has 0 unspecified atom stereocenters. The normalized spacial score (nSPS) is 14.8. The van der Waals surface area contributed by atoms with Gasteiger partial charge in [-0.2, -0.15) is 4.98 Å². The number of methoxy groups -OCH3 is 1. The average Bonchev–Trinajstić information content (AvgIpc) is 3.41. The summed E-state index contributed by atoms with van der Waals surface area (Å²) in [5.41, 5.74) is 4.63. The second-order valence-corrected chi connectivity index (χ2v) is 7.84. The van der Waals surface area contributed by atoms with Crippen LogP contribution < -0.4 is 5.69 Å². The molecule has 6 nitrogen and oxygen atoms in total. The van der Waals surface area contributed by atoms with E-state index in [2.05, 4.69) is 22.0 Å². The van der Waals surface area contributed by atoms with Gasteiger partial charge in [0.2, 0.25) is 0 Å². The van der Waals surface area contributed by atoms with Gasteiger partial charge in [0.25, 0.3) is 0 Å². The Morgan fingerprint density at radius 3 is 2.60 bits per heavy atom. The highest BCUT2D eigenvalue weighted by atomic mass is 16.5. The number of furan rings is 1. The summed E-state index contributed by atoms with van der Waals surface area (Å²) in [5, 5.41) is 0.912. The molecule has 2 aromatic carbocycles. The molecular weight excluding hydrogens is 378 g/mol. The average molecular weight is 403 g/mol. The highest BCUT2D eigenvalue weighted by molar-refractivity contribution is 6.06. The van der Waals surface area contributed by atoms with E-state index in [9.17, 15) is 4.79 Å². The van der Waals surface area contributed by atoms with Crippen LogP contribution in [0.5, 0.6) is 0 Å². The highest BCUT2D eigenvalue weighted by Gasteiger charge is 2.19. The first kappa shape index (κ1) is 19.0. The van der Waals surface area contributed by atoms with E-state index in [4.69, 9.17) is 9.15 Å². The third-order valence-corrected chi connectivity index (χ3v) is 5.84. The minimum atomic E-state index is -0.290. The number of hydrogen-bond donors (Lipinski definition) is 0. The molecule has 1 fully saturated rings. The molecule has 0 spiro atoms. The van der Waals surface area contributed by atoms with Gasteiger partial charge in [0.15, 0.2) is 5.58 Å². The standard InChI is InChI=1S/C24H25N3O3/c1-29-15-14-27-22-19-6-2-3-7-20(19)30-23(22)21(25-24(27)28)18-10-8-17(9-11-18)16-26-12-4-5-13-26/h2-3,6-11H,4-5,12-16H2,1H3. The molecule has 0 saturated carbocycles. The van der Waals surface area contributed by atoms with Crippen LogP contribution in [0.15, 0.2) is 57.7 Å². The molecule has 0 atom stereocenters. The molecule has 3 heterocycles. The fourth-order valence-electron chi connectivity index (χ4n) is 4.32. The lowest BCUT2D eigenvalue weighted by molar-refractivity contribution is 0.187. The molecule has 0 amide bonds. The Morgan fingerprint density at radius 2 is 1.83 bits per heavy atom. The zero-order valence-electron chi connectivity index (χ0n) is 17.1. The molecule has 6 heteroatoms. The Balaban J connectivity index is 1.61. The molecule has 0 bridgehead atoms. The number of para-hydroxylation sites is 1. The highest BCUT2D eigenvalue weighted by Crippen LogP contribution is 2.33. The minimum absolute atomic E-state index is 0.290. The van der Waals surface area contributed by atoms with E-state index in [-0.39, 0.29) is 5.69 Å². The van der Waals surface area contributed by atoms with Gasteiger partial charge in [0.1, 0.15) is 16.8 Å². The maximum Gasteiger partial charge on any atom is 0.348 e. The SMILES string of the molecule is COCCn1c(=O)nc(-c2ccc(CN3CCCC3)cc2)c2oc3ccccc3c21. The molecule has 5 rings (SSSR count). The van der Waals surface area contributed by atoms with E-state index in [1.54, 1.807) is 11.7 Å². The Labute approximate surface area is 174 Å². The Bertz CT molecular complexity index is 1230. The molecule has 1 aliphatic rings. The molecule has 2 aromatic heterocycles. The molecule has 30 heavy (non-hydrogen) atoms. The second-order valence-electron chi connectivity index (χ2n) is 7.84. The zero-order chi connectivity index (χ0) is 20.5. The number of hydrogen-bond acceptors (Lipinski definition) is 5. The van der Waals surface area contributed by atoms with Gasteiger partial charge < -0.3 is 9.15 Å². The summed E-state index contributed by atoms with van der Waals surface area (Å²) < 4.78 is 13.0. The molecule has 1 aliphatic heterocycles. The van der Waals surface area contributed by atoms with Crippen molar-refractivity contribution in [3.8, 4) is 11.3 Å². The van der Waals surface area contributed by atoms with Crippen LogP contribution in [0.2, 0.25) is 0 Å². The van der Waals surface area contributed by atoms with Crippen LogP contribution in [0.3, 0.4) is 0 Å². The van der Waals surface area contributed by atoms with Gasteiger partial charge in [-0.3, -0.25) is 9.47 Å². The second kappa shape index (κ2) is 8.05. The first-order chi connectivity index (χ1) is 14.7. The maximum atomic E-state index is 12.9. The molecule has 1 saturated heterocycles. The van der Waals surface area contributed by atoms with Crippen molar-refractivity contribution in [1.82, 2.24) is 14.5 Å². The minimum Gasteiger partial charge on any atom is -0.452 e. The zero-order valence-corrected chi connectivity index (χ0v) is 17.1. The number of rotatable bonds is 6. The summed E-state index contributed by atoms with van der Waals surface area (Å²) in [4.78, 5) is 19.8. The van der Waals surface area contributed by atoms with Crippen molar-refractivity contribution < 1.29 is 9.15 Å². The quantitative estimate of drug-likeness (QED) is 0.486. The van der Waals surface area contributed by atoms with E-state index in [1.807, 2.05) is 36.4 Å². The van der Waals surface area contributed by atoms with Crippen molar-refractivity contribution in [2.75, 3.05) is 26.8 Å². The van der Waals surface area contributed by atoms with Gasteiger partial charge in [-0.1, -0.05) is 36.4 Å². The predicted octanol–water partition coefficient (Wildman–Crippen LogP) is 4.05. The molecule has 0 N–H and O–H groups in total. The van der Waals surface area contributed by atoms with E-state index in [0.717, 1.165) is 28.6 Å². The predicted molar refractivity (Wildman–Crippen MR) is 118 cm³/mol. The van der Waals surface area contributed by atoms with Crippen LogP contribution in [0.4, 0.5) is 0 Å². The Morgan fingerprint density at radius 1 is 1.07 bits per heavy atom. The monoisotopic (exact) mass is 403 g/mol. The van der Waals surface area contributed by atoms with Gasteiger partial charge in [0.05, 0.1) is 13.2 Å². The first-order valence-corrected chi connectivity index (χ1v) is 10.5. The first-order valence-electron chi connectivity index (χ1n) is 10.5. The summed E-state index contributed by atoms with van der Waals surface area (Å²) in [6.45, 7) is 4.16. The van der Waals surface area contributed by atoms with Gasteiger partial charge >= 0.3 is 5.69 Å².